The lowest BCUT2D eigenvalue weighted by molar-refractivity contribution is -0.143. The molecule has 4 rings (SSSR count). The van der Waals surface area contributed by atoms with E-state index in [1.807, 2.05) is 82.4 Å². The Labute approximate surface area is 262 Å². The van der Waals surface area contributed by atoms with Gasteiger partial charge in [0.25, 0.3) is 0 Å². The summed E-state index contributed by atoms with van der Waals surface area (Å²) < 4.78 is 0. The number of amides is 3. The number of H-pyrrole nitrogens is 2. The minimum atomic E-state index is -1.14. The summed E-state index contributed by atoms with van der Waals surface area (Å²) in [6, 6.07) is 11.3. The number of carboxylic acids is 1. The molecule has 0 aliphatic heterocycles. The normalized spacial score (nSPS) is 14.3. The van der Waals surface area contributed by atoms with Crippen molar-refractivity contribution in [1.29, 1.82) is 0 Å². The summed E-state index contributed by atoms with van der Waals surface area (Å²) in [6.07, 6.45) is 4.54. The molecule has 2 aromatic carbocycles. The number of para-hydroxylation sites is 2. The van der Waals surface area contributed by atoms with E-state index >= 15 is 0 Å². The molecule has 45 heavy (non-hydrogen) atoms. The zero-order chi connectivity index (χ0) is 32.7. The number of hydrogen-bond acceptors (Lipinski definition) is 5. The molecule has 0 spiro atoms. The van der Waals surface area contributed by atoms with Gasteiger partial charge in [0, 0.05) is 40.6 Å². The van der Waals surface area contributed by atoms with E-state index in [1.165, 1.54) is 0 Å². The van der Waals surface area contributed by atoms with E-state index in [2.05, 4.69) is 25.9 Å². The van der Waals surface area contributed by atoms with E-state index in [4.69, 9.17) is 5.73 Å². The highest BCUT2D eigenvalue weighted by atomic mass is 16.4. The van der Waals surface area contributed by atoms with Gasteiger partial charge in [0.1, 0.15) is 18.1 Å². The Morgan fingerprint density at radius 2 is 1.11 bits per heavy atom. The molecule has 0 radical (unpaired) electrons. The number of aromatic amines is 2. The molecule has 0 aliphatic rings. The molecule has 4 unspecified atom stereocenters. The fraction of sp³-hybridized carbons (Fsp3) is 0.412. The molecule has 4 atom stereocenters. The quantitative estimate of drug-likeness (QED) is 0.107. The van der Waals surface area contributed by atoms with Crippen LogP contribution in [0.5, 0.6) is 0 Å². The van der Waals surface area contributed by atoms with E-state index in [0.717, 1.165) is 32.9 Å². The van der Waals surface area contributed by atoms with Crippen LogP contribution in [0.3, 0.4) is 0 Å². The van der Waals surface area contributed by atoms with Gasteiger partial charge in [-0.05, 0) is 54.4 Å². The van der Waals surface area contributed by atoms with Crippen LogP contribution in [0, 0.1) is 11.8 Å². The number of benzene rings is 2. The number of aliphatic carboxylic acids is 1. The highest BCUT2D eigenvalue weighted by Gasteiger charge is 2.31. The molecular formula is C34H44N6O5. The molecule has 0 fully saturated rings. The fourth-order valence-electron chi connectivity index (χ4n) is 5.58. The molecule has 2 aromatic heterocycles. The Kier molecular flexibility index (Phi) is 11.0. The van der Waals surface area contributed by atoms with Crippen LogP contribution in [0.4, 0.5) is 0 Å². The molecule has 0 bridgehead atoms. The van der Waals surface area contributed by atoms with Crippen LogP contribution in [-0.2, 0) is 32.0 Å². The molecule has 0 aliphatic carbocycles. The van der Waals surface area contributed by atoms with Crippen LogP contribution in [0.1, 0.15) is 51.7 Å². The third kappa shape index (κ3) is 8.72. The lowest BCUT2D eigenvalue weighted by atomic mass is 9.99. The standard InChI is InChI=1S/C34H44N6O5/c1-19(2)13-28(32(42)40-30(34(44)45)14-20(3)4)39-33(43)29(16-22-18-37-27-12-8-6-10-24(22)27)38-31(41)25(35)15-21-17-36-26-11-7-5-9-23(21)26/h5-12,17-20,25,28-30,36-37H,13-16,35H2,1-4H3,(H,38,41)(H,39,43)(H,40,42)(H,44,45). The zero-order valence-corrected chi connectivity index (χ0v) is 26.2. The molecule has 4 aromatic rings. The zero-order valence-electron chi connectivity index (χ0n) is 26.2. The van der Waals surface area contributed by atoms with E-state index < -0.39 is 47.9 Å². The summed E-state index contributed by atoms with van der Waals surface area (Å²) >= 11 is 0. The first-order chi connectivity index (χ1) is 21.4. The average Bonchev–Trinajstić information content (AvgIpc) is 3.59. The van der Waals surface area contributed by atoms with Crippen molar-refractivity contribution in [3.8, 4) is 0 Å². The molecule has 3 amide bonds. The first-order valence-corrected chi connectivity index (χ1v) is 15.4. The number of carbonyl (C=O) groups excluding carboxylic acids is 3. The summed E-state index contributed by atoms with van der Waals surface area (Å²) in [5, 5.41) is 19.8. The van der Waals surface area contributed by atoms with Gasteiger partial charge in [0.2, 0.25) is 17.7 Å². The number of nitrogens with one attached hydrogen (secondary N) is 5. The van der Waals surface area contributed by atoms with Crippen molar-refractivity contribution in [1.82, 2.24) is 25.9 Å². The largest absolute Gasteiger partial charge is 0.480 e. The second kappa shape index (κ2) is 14.9. The lowest BCUT2D eigenvalue weighted by Gasteiger charge is -2.26. The predicted octanol–water partition coefficient (Wildman–Crippen LogP) is 3.39. The topological polar surface area (TPSA) is 182 Å². The van der Waals surface area contributed by atoms with Gasteiger partial charge in [-0.15, -0.1) is 0 Å². The molecule has 240 valence electrons. The van der Waals surface area contributed by atoms with Gasteiger partial charge in [-0.25, -0.2) is 4.79 Å². The van der Waals surface area contributed by atoms with Gasteiger partial charge in [-0.2, -0.15) is 0 Å². The van der Waals surface area contributed by atoms with Crippen LogP contribution in [0.2, 0.25) is 0 Å². The lowest BCUT2D eigenvalue weighted by Crippen LogP contribution is -2.58. The van der Waals surface area contributed by atoms with E-state index in [-0.39, 0.29) is 37.5 Å². The summed E-state index contributed by atoms with van der Waals surface area (Å²) in [6.45, 7) is 7.56. The van der Waals surface area contributed by atoms with Crippen LogP contribution in [-0.4, -0.2) is 62.9 Å². The minimum absolute atomic E-state index is 0.0145. The number of fused-ring (bicyclic) bond motifs is 2. The van der Waals surface area contributed by atoms with Crippen molar-refractivity contribution in [2.45, 2.75) is 77.5 Å². The number of rotatable bonds is 15. The molecule has 8 N–H and O–H groups in total. The Morgan fingerprint density at radius 1 is 0.667 bits per heavy atom. The van der Waals surface area contributed by atoms with Gasteiger partial charge in [-0.1, -0.05) is 64.1 Å². The molecule has 0 saturated heterocycles. The van der Waals surface area contributed by atoms with Crippen molar-refractivity contribution in [3.63, 3.8) is 0 Å². The van der Waals surface area contributed by atoms with Crippen molar-refractivity contribution in [2.75, 3.05) is 0 Å². The predicted molar refractivity (Wildman–Crippen MR) is 174 cm³/mol. The number of carboxylic acid groups (broad SMARTS) is 1. The van der Waals surface area contributed by atoms with E-state index in [9.17, 15) is 24.3 Å². The minimum Gasteiger partial charge on any atom is -0.480 e. The Bertz CT molecular complexity index is 1640. The molecular weight excluding hydrogens is 572 g/mol. The van der Waals surface area contributed by atoms with Crippen LogP contribution < -0.4 is 21.7 Å². The summed E-state index contributed by atoms with van der Waals surface area (Å²) in [5.41, 5.74) is 9.88. The Morgan fingerprint density at radius 3 is 1.64 bits per heavy atom. The van der Waals surface area contributed by atoms with Crippen molar-refractivity contribution >= 4 is 45.5 Å². The smallest absolute Gasteiger partial charge is 0.326 e. The SMILES string of the molecule is CC(C)CC(NC(=O)C(CC(C)C)NC(=O)C(Cc1c[nH]c2ccccc12)NC(=O)C(N)Cc1c[nH]c2ccccc12)C(=O)O. The highest BCUT2D eigenvalue weighted by Crippen LogP contribution is 2.21. The summed E-state index contributed by atoms with van der Waals surface area (Å²) in [7, 11) is 0. The van der Waals surface area contributed by atoms with Gasteiger partial charge >= 0.3 is 5.97 Å². The number of nitrogens with two attached hydrogens (primary N) is 1. The number of carbonyl (C=O) groups is 4. The maximum atomic E-state index is 13.9. The van der Waals surface area contributed by atoms with Crippen LogP contribution in [0.25, 0.3) is 21.8 Å². The second-order valence-corrected chi connectivity index (χ2v) is 12.5. The van der Waals surface area contributed by atoms with Gasteiger partial charge in [0.05, 0.1) is 6.04 Å². The molecule has 11 heteroatoms. The number of hydrogen-bond donors (Lipinski definition) is 7. The van der Waals surface area contributed by atoms with Gasteiger partial charge < -0.3 is 36.8 Å². The Balaban J connectivity index is 1.55. The van der Waals surface area contributed by atoms with E-state index in [0.29, 0.717) is 0 Å². The second-order valence-electron chi connectivity index (χ2n) is 12.5. The summed E-state index contributed by atoms with van der Waals surface area (Å²) in [5.74, 6) is -2.74. The third-order valence-corrected chi connectivity index (χ3v) is 7.85. The monoisotopic (exact) mass is 616 g/mol. The molecule has 11 nitrogen and oxygen atoms in total. The van der Waals surface area contributed by atoms with Crippen molar-refractivity contribution in [2.24, 2.45) is 17.6 Å². The van der Waals surface area contributed by atoms with Crippen LogP contribution >= 0.6 is 0 Å². The molecule has 0 saturated carbocycles. The molecule has 2 heterocycles. The average molecular weight is 617 g/mol. The van der Waals surface area contributed by atoms with E-state index in [1.54, 1.807) is 6.20 Å². The van der Waals surface area contributed by atoms with Crippen molar-refractivity contribution in [3.05, 3.63) is 72.1 Å². The number of aromatic nitrogens is 2. The van der Waals surface area contributed by atoms with Gasteiger partial charge in [-0.3, -0.25) is 14.4 Å². The fourth-order valence-corrected chi connectivity index (χ4v) is 5.58. The highest BCUT2D eigenvalue weighted by molar-refractivity contribution is 5.95. The summed E-state index contributed by atoms with van der Waals surface area (Å²) in [4.78, 5) is 58.9. The van der Waals surface area contributed by atoms with Crippen LogP contribution in [0.15, 0.2) is 60.9 Å². The first kappa shape index (κ1) is 33.3. The van der Waals surface area contributed by atoms with Crippen molar-refractivity contribution < 1.29 is 24.3 Å². The first-order valence-electron chi connectivity index (χ1n) is 15.4. The van der Waals surface area contributed by atoms with Gasteiger partial charge in [0.15, 0.2) is 0 Å². The third-order valence-electron chi connectivity index (χ3n) is 7.85. The Hall–Kier alpha value is -4.64. The maximum absolute atomic E-state index is 13.9. The maximum Gasteiger partial charge on any atom is 0.326 e.